The zero-order valence-electron chi connectivity index (χ0n) is 25.5. The minimum absolute atomic E-state index is 0.0345. The molecule has 4 atom stereocenters. The molecule has 0 bridgehead atoms. The predicted octanol–water partition coefficient (Wildman–Crippen LogP) is 5.01. The van der Waals surface area contributed by atoms with Gasteiger partial charge in [0, 0.05) is 31.3 Å². The van der Waals surface area contributed by atoms with Crippen molar-refractivity contribution in [3.63, 3.8) is 0 Å². The fourth-order valence-corrected chi connectivity index (χ4v) is 5.23. The SMILES string of the molecule is CCCN(C)C[C@H]1OCCCC[C@@H](C)Oc2ccc(NC(=O)Cc3ccccc3)cc2C(=O)N([C@@H](C)CO)C[C@H]1C. The zero-order valence-corrected chi connectivity index (χ0v) is 25.5. The number of hydrogen-bond acceptors (Lipinski definition) is 6. The zero-order chi connectivity index (χ0) is 29.8. The van der Waals surface area contributed by atoms with Crippen LogP contribution in [0.2, 0.25) is 0 Å². The van der Waals surface area contributed by atoms with E-state index in [4.69, 9.17) is 9.47 Å². The Morgan fingerprint density at radius 3 is 2.63 bits per heavy atom. The number of carbonyl (C=O) groups is 2. The van der Waals surface area contributed by atoms with Crippen molar-refractivity contribution in [3.05, 3.63) is 59.7 Å². The second-order valence-electron chi connectivity index (χ2n) is 11.5. The molecular weight excluding hydrogens is 518 g/mol. The number of aliphatic hydroxyl groups is 1. The van der Waals surface area contributed by atoms with Crippen molar-refractivity contribution in [3.8, 4) is 5.75 Å². The van der Waals surface area contributed by atoms with E-state index in [0.29, 0.717) is 30.2 Å². The highest BCUT2D eigenvalue weighted by atomic mass is 16.5. The third-order valence-corrected chi connectivity index (χ3v) is 7.64. The molecule has 8 heteroatoms. The van der Waals surface area contributed by atoms with Gasteiger partial charge in [0.15, 0.2) is 0 Å². The number of aliphatic hydroxyl groups excluding tert-OH is 1. The van der Waals surface area contributed by atoms with Gasteiger partial charge in [-0.3, -0.25) is 9.59 Å². The van der Waals surface area contributed by atoms with Crippen LogP contribution in [0.1, 0.15) is 69.3 Å². The molecule has 0 unspecified atom stereocenters. The minimum atomic E-state index is -0.409. The topological polar surface area (TPSA) is 91.3 Å². The molecule has 2 aromatic carbocycles. The average Bonchev–Trinajstić information content (AvgIpc) is 2.95. The summed E-state index contributed by atoms with van der Waals surface area (Å²) in [5, 5.41) is 13.1. The van der Waals surface area contributed by atoms with E-state index in [1.807, 2.05) is 44.2 Å². The van der Waals surface area contributed by atoms with Crippen molar-refractivity contribution in [1.29, 1.82) is 0 Å². The Labute approximate surface area is 246 Å². The number of nitrogens with one attached hydrogen (secondary N) is 1. The number of carbonyl (C=O) groups excluding carboxylic acids is 2. The lowest BCUT2D eigenvalue weighted by Crippen LogP contribution is -2.47. The summed E-state index contributed by atoms with van der Waals surface area (Å²) < 4.78 is 12.7. The molecule has 1 aliphatic heterocycles. The lowest BCUT2D eigenvalue weighted by Gasteiger charge is -2.35. The molecule has 0 spiro atoms. The molecule has 1 heterocycles. The van der Waals surface area contributed by atoms with E-state index in [1.54, 1.807) is 23.1 Å². The lowest BCUT2D eigenvalue weighted by atomic mass is 10.0. The van der Waals surface area contributed by atoms with Crippen LogP contribution < -0.4 is 10.1 Å². The largest absolute Gasteiger partial charge is 0.490 e. The number of ether oxygens (including phenoxy) is 2. The van der Waals surface area contributed by atoms with Gasteiger partial charge in [0.2, 0.25) is 5.91 Å². The van der Waals surface area contributed by atoms with Crippen LogP contribution in [-0.2, 0) is 16.0 Å². The fraction of sp³-hybridized carbons (Fsp3) is 0.576. The van der Waals surface area contributed by atoms with E-state index < -0.39 is 6.04 Å². The second kappa shape index (κ2) is 16.5. The maximum atomic E-state index is 14.2. The Hall–Kier alpha value is -2.94. The highest BCUT2D eigenvalue weighted by Crippen LogP contribution is 2.28. The summed E-state index contributed by atoms with van der Waals surface area (Å²) in [7, 11) is 2.10. The smallest absolute Gasteiger partial charge is 0.258 e. The van der Waals surface area contributed by atoms with E-state index in [9.17, 15) is 14.7 Å². The van der Waals surface area contributed by atoms with Crippen LogP contribution in [0.25, 0.3) is 0 Å². The molecule has 2 N–H and O–H groups in total. The van der Waals surface area contributed by atoms with Crippen molar-refractivity contribution in [1.82, 2.24) is 9.80 Å². The molecule has 3 rings (SSSR count). The van der Waals surface area contributed by atoms with E-state index in [2.05, 4.69) is 31.1 Å². The summed E-state index contributed by atoms with van der Waals surface area (Å²) in [6.45, 7) is 10.8. The summed E-state index contributed by atoms with van der Waals surface area (Å²) in [5.41, 5.74) is 1.82. The molecule has 2 amide bonds. The normalized spacial score (nSPS) is 21.5. The average molecular weight is 568 g/mol. The fourth-order valence-electron chi connectivity index (χ4n) is 5.23. The standard InChI is InChI=1S/C33H49N3O5/c1-6-17-35(5)22-31-24(2)21-36(25(3)23-37)33(39)29-20-28(34-32(38)19-27-13-8-7-9-14-27)15-16-30(29)41-26(4)12-10-11-18-40-31/h7-9,13-16,20,24-26,31,37H,6,10-12,17-19,21-23H2,1-5H3,(H,34,38)/t24-,25+,26-,31-/m1/s1. The number of likely N-dealkylation sites (N-methyl/N-ethyl adjacent to an activating group) is 1. The monoisotopic (exact) mass is 567 g/mol. The quantitative estimate of drug-likeness (QED) is 0.443. The van der Waals surface area contributed by atoms with Gasteiger partial charge in [-0.1, -0.05) is 44.2 Å². The number of anilines is 1. The van der Waals surface area contributed by atoms with Gasteiger partial charge in [-0.05, 0) is 76.9 Å². The van der Waals surface area contributed by atoms with Crippen LogP contribution in [0.3, 0.4) is 0 Å². The Balaban J connectivity index is 1.92. The molecule has 0 saturated heterocycles. The molecule has 2 aromatic rings. The maximum absolute atomic E-state index is 14.2. The van der Waals surface area contributed by atoms with Crippen LogP contribution in [0.4, 0.5) is 5.69 Å². The van der Waals surface area contributed by atoms with Crippen molar-refractivity contribution in [2.24, 2.45) is 5.92 Å². The van der Waals surface area contributed by atoms with Gasteiger partial charge >= 0.3 is 0 Å². The number of fused-ring (bicyclic) bond motifs is 1. The van der Waals surface area contributed by atoms with Crippen molar-refractivity contribution in [2.75, 3.05) is 45.2 Å². The van der Waals surface area contributed by atoms with Gasteiger partial charge in [-0.2, -0.15) is 0 Å². The molecule has 1 aliphatic rings. The van der Waals surface area contributed by atoms with E-state index in [1.165, 1.54) is 0 Å². The van der Waals surface area contributed by atoms with E-state index in [-0.39, 0.29) is 43.0 Å². The third kappa shape index (κ3) is 10.1. The van der Waals surface area contributed by atoms with Crippen LogP contribution in [0.15, 0.2) is 48.5 Å². The molecule has 0 saturated carbocycles. The summed E-state index contributed by atoms with van der Waals surface area (Å²) in [4.78, 5) is 31.0. The molecular formula is C33H49N3O5. The first-order valence-corrected chi connectivity index (χ1v) is 15.1. The van der Waals surface area contributed by atoms with Gasteiger partial charge < -0.3 is 29.7 Å². The van der Waals surface area contributed by atoms with Gasteiger partial charge in [0.25, 0.3) is 5.91 Å². The summed E-state index contributed by atoms with van der Waals surface area (Å²) in [5.74, 6) is 0.118. The maximum Gasteiger partial charge on any atom is 0.258 e. The Morgan fingerprint density at radius 2 is 1.93 bits per heavy atom. The molecule has 226 valence electrons. The first-order valence-electron chi connectivity index (χ1n) is 15.1. The second-order valence-corrected chi connectivity index (χ2v) is 11.5. The van der Waals surface area contributed by atoms with Crippen molar-refractivity contribution < 1.29 is 24.2 Å². The van der Waals surface area contributed by atoms with Gasteiger partial charge in [-0.25, -0.2) is 0 Å². The summed E-state index contributed by atoms with van der Waals surface area (Å²) in [6, 6.07) is 14.4. The number of rotatable bonds is 9. The predicted molar refractivity (Wildman–Crippen MR) is 163 cm³/mol. The van der Waals surface area contributed by atoms with Crippen LogP contribution >= 0.6 is 0 Å². The van der Waals surface area contributed by atoms with Crippen molar-refractivity contribution in [2.45, 2.75) is 78.0 Å². The Bertz CT molecular complexity index is 1100. The van der Waals surface area contributed by atoms with E-state index >= 15 is 0 Å². The minimum Gasteiger partial charge on any atom is -0.490 e. The molecule has 0 aromatic heterocycles. The Kier molecular flexibility index (Phi) is 13.1. The Morgan fingerprint density at radius 1 is 1.17 bits per heavy atom. The summed E-state index contributed by atoms with van der Waals surface area (Å²) >= 11 is 0. The molecule has 0 radical (unpaired) electrons. The number of nitrogens with zero attached hydrogens (tertiary/aromatic N) is 2. The highest BCUT2D eigenvalue weighted by molar-refractivity contribution is 6.00. The van der Waals surface area contributed by atoms with Gasteiger partial charge in [-0.15, -0.1) is 0 Å². The number of hydrogen-bond donors (Lipinski definition) is 2. The molecule has 0 aliphatic carbocycles. The van der Waals surface area contributed by atoms with Crippen LogP contribution in [-0.4, -0.2) is 84.9 Å². The number of amides is 2. The summed E-state index contributed by atoms with van der Waals surface area (Å²) in [6.07, 6.45) is 3.87. The molecule has 0 fully saturated rings. The van der Waals surface area contributed by atoms with Crippen molar-refractivity contribution >= 4 is 17.5 Å². The van der Waals surface area contributed by atoms with Crippen LogP contribution in [0, 0.1) is 5.92 Å². The number of benzene rings is 2. The first-order chi connectivity index (χ1) is 19.7. The van der Waals surface area contributed by atoms with Gasteiger partial charge in [0.1, 0.15) is 5.75 Å². The van der Waals surface area contributed by atoms with Gasteiger partial charge in [0.05, 0.1) is 36.8 Å². The first kappa shape index (κ1) is 32.6. The van der Waals surface area contributed by atoms with Crippen LogP contribution in [0.5, 0.6) is 5.75 Å². The highest BCUT2D eigenvalue weighted by Gasteiger charge is 2.30. The molecule has 8 nitrogen and oxygen atoms in total. The third-order valence-electron chi connectivity index (χ3n) is 7.64. The van der Waals surface area contributed by atoms with E-state index in [0.717, 1.165) is 44.3 Å². The molecule has 41 heavy (non-hydrogen) atoms. The lowest BCUT2D eigenvalue weighted by molar-refractivity contribution is -0.115.